The third kappa shape index (κ3) is 5.09. The fraction of sp³-hybridized carbons (Fsp3) is 0.294. The zero-order valence-corrected chi connectivity index (χ0v) is 12.6. The van der Waals surface area contributed by atoms with Crippen LogP contribution < -0.4 is 14.8 Å². The molecule has 0 unspecified atom stereocenters. The molecule has 0 aliphatic heterocycles. The van der Waals surface area contributed by atoms with Gasteiger partial charge in [-0.3, -0.25) is 4.79 Å². The molecule has 0 saturated carbocycles. The summed E-state index contributed by atoms with van der Waals surface area (Å²) in [5.74, 6) is 1.26. The van der Waals surface area contributed by atoms with E-state index in [0.717, 1.165) is 11.3 Å². The Bertz CT molecular complexity index is 587. The van der Waals surface area contributed by atoms with E-state index < -0.39 is 0 Å². The first kappa shape index (κ1) is 15.8. The van der Waals surface area contributed by atoms with Crippen LogP contribution in [-0.2, 0) is 11.3 Å². The van der Waals surface area contributed by atoms with Crippen molar-refractivity contribution in [3.8, 4) is 11.6 Å². The lowest BCUT2D eigenvalue weighted by Crippen LogP contribution is -2.24. The summed E-state index contributed by atoms with van der Waals surface area (Å²) in [5, 5.41) is 2.85. The molecule has 22 heavy (non-hydrogen) atoms. The van der Waals surface area contributed by atoms with Crippen molar-refractivity contribution in [1.82, 2.24) is 10.3 Å². The second-order valence-electron chi connectivity index (χ2n) is 4.59. The summed E-state index contributed by atoms with van der Waals surface area (Å²) in [6, 6.07) is 13.1. The van der Waals surface area contributed by atoms with Crippen molar-refractivity contribution in [2.24, 2.45) is 0 Å². The minimum atomic E-state index is -0.0674. The van der Waals surface area contributed by atoms with Crippen molar-refractivity contribution in [3.63, 3.8) is 0 Å². The largest absolute Gasteiger partial charge is 0.493 e. The van der Waals surface area contributed by atoms with Crippen LogP contribution in [0.5, 0.6) is 11.6 Å². The highest BCUT2D eigenvalue weighted by Crippen LogP contribution is 2.13. The molecular formula is C17H20N2O3. The zero-order chi connectivity index (χ0) is 15.6. The molecule has 2 aromatic rings. The second kappa shape index (κ2) is 8.67. The smallest absolute Gasteiger partial charge is 0.223 e. The summed E-state index contributed by atoms with van der Waals surface area (Å²) in [5.41, 5.74) is 0.863. The lowest BCUT2D eigenvalue weighted by molar-refractivity contribution is -0.121. The Hall–Kier alpha value is -2.56. The monoisotopic (exact) mass is 300 g/mol. The van der Waals surface area contributed by atoms with Gasteiger partial charge in [-0.1, -0.05) is 24.3 Å². The number of para-hydroxylation sites is 1. The Balaban J connectivity index is 1.74. The highest BCUT2D eigenvalue weighted by Gasteiger charge is 2.07. The maximum atomic E-state index is 11.8. The van der Waals surface area contributed by atoms with Gasteiger partial charge < -0.3 is 14.8 Å². The average molecular weight is 300 g/mol. The van der Waals surface area contributed by atoms with Crippen molar-refractivity contribution in [2.45, 2.75) is 19.9 Å². The number of carbonyl (C=O) groups is 1. The normalized spacial score (nSPS) is 10.0. The minimum Gasteiger partial charge on any atom is -0.493 e. The molecular weight excluding hydrogens is 280 g/mol. The number of hydrogen-bond acceptors (Lipinski definition) is 4. The fourth-order valence-corrected chi connectivity index (χ4v) is 1.89. The number of pyridine rings is 1. The summed E-state index contributed by atoms with van der Waals surface area (Å²) in [4.78, 5) is 16.0. The lowest BCUT2D eigenvalue weighted by atomic mass is 10.2. The topological polar surface area (TPSA) is 60.5 Å². The maximum absolute atomic E-state index is 11.8. The Morgan fingerprint density at radius 1 is 1.14 bits per heavy atom. The Morgan fingerprint density at radius 2 is 1.95 bits per heavy atom. The first-order valence-corrected chi connectivity index (χ1v) is 7.31. The summed E-state index contributed by atoms with van der Waals surface area (Å²) in [6.45, 7) is 3.19. The molecule has 1 aromatic carbocycles. The highest BCUT2D eigenvalue weighted by molar-refractivity contribution is 5.76. The second-order valence-corrected chi connectivity index (χ2v) is 4.59. The van der Waals surface area contributed by atoms with Crippen molar-refractivity contribution in [1.29, 1.82) is 0 Å². The minimum absolute atomic E-state index is 0.0674. The van der Waals surface area contributed by atoms with Gasteiger partial charge in [-0.05, 0) is 25.1 Å². The summed E-state index contributed by atoms with van der Waals surface area (Å²) >= 11 is 0. The molecule has 0 radical (unpaired) electrons. The Labute approximate surface area is 130 Å². The SMILES string of the molecule is CCOc1ncccc1CNC(=O)CCOc1ccccc1. The van der Waals surface area contributed by atoms with Crippen molar-refractivity contribution in [3.05, 3.63) is 54.2 Å². The van der Waals surface area contributed by atoms with Crippen LogP contribution in [0.1, 0.15) is 18.9 Å². The van der Waals surface area contributed by atoms with Gasteiger partial charge in [0.05, 0.1) is 19.6 Å². The molecule has 0 spiro atoms. The van der Waals surface area contributed by atoms with Crippen LogP contribution in [0.25, 0.3) is 0 Å². The van der Waals surface area contributed by atoms with Crippen molar-refractivity contribution >= 4 is 5.91 Å². The number of ether oxygens (including phenoxy) is 2. The molecule has 1 amide bonds. The Morgan fingerprint density at radius 3 is 2.73 bits per heavy atom. The van der Waals surface area contributed by atoms with E-state index in [1.807, 2.05) is 49.4 Å². The molecule has 2 rings (SSSR count). The maximum Gasteiger partial charge on any atom is 0.223 e. The van der Waals surface area contributed by atoms with E-state index in [9.17, 15) is 4.79 Å². The molecule has 0 aliphatic carbocycles. The van der Waals surface area contributed by atoms with Crippen LogP contribution in [0, 0.1) is 0 Å². The first-order chi connectivity index (χ1) is 10.8. The van der Waals surface area contributed by atoms with E-state index in [2.05, 4.69) is 10.3 Å². The van der Waals surface area contributed by atoms with Crippen molar-refractivity contribution in [2.75, 3.05) is 13.2 Å². The van der Waals surface area contributed by atoms with Gasteiger partial charge in [0, 0.05) is 18.3 Å². The lowest BCUT2D eigenvalue weighted by Gasteiger charge is -2.10. The molecule has 5 heteroatoms. The van der Waals surface area contributed by atoms with Crippen LogP contribution in [0.4, 0.5) is 0 Å². The third-order valence-electron chi connectivity index (χ3n) is 2.95. The Kier molecular flexibility index (Phi) is 6.23. The van der Waals surface area contributed by atoms with Crippen LogP contribution in [0.2, 0.25) is 0 Å². The summed E-state index contributed by atoms with van der Waals surface area (Å²) in [6.07, 6.45) is 1.98. The number of hydrogen-bond donors (Lipinski definition) is 1. The molecule has 0 bridgehead atoms. The number of amides is 1. The van der Waals surface area contributed by atoms with Gasteiger partial charge in [-0.2, -0.15) is 0 Å². The van der Waals surface area contributed by atoms with Gasteiger partial charge in [0.15, 0.2) is 0 Å². The molecule has 0 saturated heterocycles. The standard InChI is InChI=1S/C17H20N2O3/c1-2-21-17-14(7-6-11-18-17)13-19-16(20)10-12-22-15-8-4-3-5-9-15/h3-9,11H,2,10,12-13H2,1H3,(H,19,20). The summed E-state index contributed by atoms with van der Waals surface area (Å²) < 4.78 is 10.9. The number of carbonyl (C=O) groups excluding carboxylic acids is 1. The average Bonchev–Trinajstić information content (AvgIpc) is 2.55. The predicted molar refractivity (Wildman–Crippen MR) is 83.8 cm³/mol. The number of rotatable bonds is 8. The van der Waals surface area contributed by atoms with E-state index in [-0.39, 0.29) is 5.91 Å². The number of aromatic nitrogens is 1. The molecule has 0 fully saturated rings. The van der Waals surface area contributed by atoms with Gasteiger partial charge in [0.2, 0.25) is 11.8 Å². The number of nitrogens with zero attached hydrogens (tertiary/aromatic N) is 1. The predicted octanol–water partition coefficient (Wildman–Crippen LogP) is 2.57. The first-order valence-electron chi connectivity index (χ1n) is 7.31. The van der Waals surface area contributed by atoms with Gasteiger partial charge in [-0.15, -0.1) is 0 Å². The molecule has 1 aromatic heterocycles. The highest BCUT2D eigenvalue weighted by atomic mass is 16.5. The van der Waals surface area contributed by atoms with E-state index in [4.69, 9.17) is 9.47 Å². The van der Waals surface area contributed by atoms with Crippen LogP contribution >= 0.6 is 0 Å². The van der Waals surface area contributed by atoms with Crippen molar-refractivity contribution < 1.29 is 14.3 Å². The van der Waals surface area contributed by atoms with E-state index in [1.54, 1.807) is 6.20 Å². The molecule has 5 nitrogen and oxygen atoms in total. The number of benzene rings is 1. The van der Waals surface area contributed by atoms with Gasteiger partial charge >= 0.3 is 0 Å². The van der Waals surface area contributed by atoms with Gasteiger partial charge in [-0.25, -0.2) is 4.98 Å². The zero-order valence-electron chi connectivity index (χ0n) is 12.6. The van der Waals surface area contributed by atoms with E-state index in [0.29, 0.717) is 32.1 Å². The van der Waals surface area contributed by atoms with Gasteiger partial charge in [0.1, 0.15) is 5.75 Å². The van der Waals surface area contributed by atoms with Crippen LogP contribution in [-0.4, -0.2) is 24.1 Å². The molecule has 1 N–H and O–H groups in total. The van der Waals surface area contributed by atoms with E-state index in [1.165, 1.54) is 0 Å². The van der Waals surface area contributed by atoms with Gasteiger partial charge in [0.25, 0.3) is 0 Å². The molecule has 0 atom stereocenters. The number of nitrogens with one attached hydrogen (secondary N) is 1. The van der Waals surface area contributed by atoms with Crippen LogP contribution in [0.3, 0.4) is 0 Å². The quantitative estimate of drug-likeness (QED) is 0.814. The molecule has 0 aliphatic rings. The fourth-order valence-electron chi connectivity index (χ4n) is 1.89. The van der Waals surface area contributed by atoms with Crippen LogP contribution in [0.15, 0.2) is 48.7 Å². The van der Waals surface area contributed by atoms with E-state index >= 15 is 0 Å². The molecule has 116 valence electrons. The molecule has 1 heterocycles. The third-order valence-corrected chi connectivity index (χ3v) is 2.95. The summed E-state index contributed by atoms with van der Waals surface area (Å²) in [7, 11) is 0.